The van der Waals surface area contributed by atoms with Crippen molar-refractivity contribution in [3.63, 3.8) is 0 Å². The average molecular weight is 470 g/mol. The molecule has 1 saturated heterocycles. The van der Waals surface area contributed by atoms with Crippen LogP contribution in [0.3, 0.4) is 0 Å². The predicted octanol–water partition coefficient (Wildman–Crippen LogP) is 5.87. The zero-order valence-electron chi connectivity index (χ0n) is 20.4. The van der Waals surface area contributed by atoms with Gasteiger partial charge in [-0.15, -0.1) is 0 Å². The molecule has 3 aromatic rings. The van der Waals surface area contributed by atoms with Crippen LogP contribution in [0.25, 0.3) is 5.76 Å². The molecular weight excluding hydrogens is 438 g/mol. The van der Waals surface area contributed by atoms with Crippen molar-refractivity contribution in [2.45, 2.75) is 39.2 Å². The third kappa shape index (κ3) is 5.14. The van der Waals surface area contributed by atoms with E-state index < -0.39 is 17.7 Å². The molecule has 0 spiro atoms. The first kappa shape index (κ1) is 24.3. The van der Waals surface area contributed by atoms with E-state index in [9.17, 15) is 14.7 Å². The maximum atomic E-state index is 13.2. The van der Waals surface area contributed by atoms with Crippen LogP contribution < -0.4 is 4.74 Å². The van der Waals surface area contributed by atoms with Gasteiger partial charge in [0.25, 0.3) is 11.7 Å². The molecule has 1 aliphatic heterocycles. The Morgan fingerprint density at radius 3 is 2.20 bits per heavy atom. The fourth-order valence-corrected chi connectivity index (χ4v) is 4.45. The lowest BCUT2D eigenvalue weighted by atomic mass is 9.93. The molecule has 3 aromatic carbocycles. The summed E-state index contributed by atoms with van der Waals surface area (Å²) in [6, 6.07) is 24.1. The van der Waals surface area contributed by atoms with Gasteiger partial charge in [0.05, 0.1) is 18.2 Å². The molecule has 1 heterocycles. The second kappa shape index (κ2) is 10.6. The number of ether oxygens (including phenoxy) is 1. The van der Waals surface area contributed by atoms with Crippen molar-refractivity contribution in [2.24, 2.45) is 0 Å². The molecule has 1 aliphatic rings. The number of carbonyl (C=O) groups excluding carboxylic acids is 2. The minimum atomic E-state index is -0.664. The third-order valence-electron chi connectivity index (χ3n) is 6.38. The number of ketones is 1. The van der Waals surface area contributed by atoms with Crippen molar-refractivity contribution < 1.29 is 19.4 Å². The van der Waals surface area contributed by atoms with E-state index in [0.717, 1.165) is 11.1 Å². The Labute approximate surface area is 206 Å². The molecule has 0 bridgehead atoms. The quantitative estimate of drug-likeness (QED) is 0.254. The zero-order chi connectivity index (χ0) is 24.9. The summed E-state index contributed by atoms with van der Waals surface area (Å²) in [5.41, 5.74) is 3.63. The molecular formula is C30H31NO4. The van der Waals surface area contributed by atoms with E-state index in [0.29, 0.717) is 36.8 Å². The number of hydrogen-bond donors (Lipinski definition) is 1. The van der Waals surface area contributed by atoms with Gasteiger partial charge in [-0.05, 0) is 60.2 Å². The monoisotopic (exact) mass is 469 g/mol. The highest BCUT2D eigenvalue weighted by atomic mass is 16.5. The SMILES string of the molecule is CCOc1ccc(C(O)=C2C(=O)C(=O)N(CCc3ccccc3)[C@@H]2c2ccc(C(C)C)cc2)cc1. The summed E-state index contributed by atoms with van der Waals surface area (Å²) in [6.07, 6.45) is 0.609. The van der Waals surface area contributed by atoms with Crippen LogP contribution in [0, 0.1) is 0 Å². The molecule has 0 aliphatic carbocycles. The number of aliphatic hydroxyl groups is 1. The molecule has 5 nitrogen and oxygen atoms in total. The fourth-order valence-electron chi connectivity index (χ4n) is 4.45. The van der Waals surface area contributed by atoms with Gasteiger partial charge in [0, 0.05) is 12.1 Å². The lowest BCUT2D eigenvalue weighted by molar-refractivity contribution is -0.139. The van der Waals surface area contributed by atoms with Crippen LogP contribution in [0.15, 0.2) is 84.4 Å². The Bertz CT molecular complexity index is 1210. The highest BCUT2D eigenvalue weighted by Gasteiger charge is 2.45. The summed E-state index contributed by atoms with van der Waals surface area (Å²) >= 11 is 0. The average Bonchev–Trinajstić information content (AvgIpc) is 3.13. The number of aliphatic hydroxyl groups excluding tert-OH is 1. The number of amides is 1. The molecule has 0 aromatic heterocycles. The number of carbonyl (C=O) groups is 2. The van der Waals surface area contributed by atoms with Gasteiger partial charge in [-0.1, -0.05) is 68.4 Å². The Hall–Kier alpha value is -3.86. The molecule has 5 heteroatoms. The molecule has 0 radical (unpaired) electrons. The molecule has 35 heavy (non-hydrogen) atoms. The van der Waals surface area contributed by atoms with E-state index in [1.807, 2.05) is 61.5 Å². The van der Waals surface area contributed by atoms with Gasteiger partial charge in [-0.25, -0.2) is 0 Å². The van der Waals surface area contributed by atoms with Crippen molar-refractivity contribution in [3.8, 4) is 5.75 Å². The van der Waals surface area contributed by atoms with Gasteiger partial charge < -0.3 is 14.7 Å². The van der Waals surface area contributed by atoms with Gasteiger partial charge in [0.2, 0.25) is 0 Å². The molecule has 0 saturated carbocycles. The number of benzene rings is 3. The van der Waals surface area contributed by atoms with Gasteiger partial charge in [0.1, 0.15) is 11.5 Å². The summed E-state index contributed by atoms with van der Waals surface area (Å²) in [5.74, 6) is -0.397. The third-order valence-corrected chi connectivity index (χ3v) is 6.38. The molecule has 1 atom stereocenters. The molecule has 1 fully saturated rings. The Balaban J connectivity index is 1.75. The minimum absolute atomic E-state index is 0.115. The number of nitrogens with zero attached hydrogens (tertiary/aromatic N) is 1. The molecule has 1 amide bonds. The summed E-state index contributed by atoms with van der Waals surface area (Å²) in [7, 11) is 0. The second-order valence-corrected chi connectivity index (χ2v) is 9.01. The van der Waals surface area contributed by atoms with E-state index in [4.69, 9.17) is 4.74 Å². The van der Waals surface area contributed by atoms with Gasteiger partial charge in [0.15, 0.2) is 0 Å². The van der Waals surface area contributed by atoms with E-state index in [1.165, 1.54) is 5.56 Å². The fraction of sp³-hybridized carbons (Fsp3) is 0.267. The van der Waals surface area contributed by atoms with Gasteiger partial charge >= 0.3 is 0 Å². The van der Waals surface area contributed by atoms with E-state index in [2.05, 4.69) is 13.8 Å². The Morgan fingerprint density at radius 2 is 1.60 bits per heavy atom. The summed E-state index contributed by atoms with van der Waals surface area (Å²) in [4.78, 5) is 28.0. The van der Waals surface area contributed by atoms with Crippen molar-refractivity contribution >= 4 is 17.4 Å². The highest BCUT2D eigenvalue weighted by Crippen LogP contribution is 2.40. The van der Waals surface area contributed by atoms with Crippen LogP contribution in [-0.2, 0) is 16.0 Å². The number of Topliss-reactive ketones (excluding diaryl/α,β-unsaturated/α-hetero) is 1. The van der Waals surface area contributed by atoms with Gasteiger partial charge in [-0.3, -0.25) is 9.59 Å². The van der Waals surface area contributed by atoms with Crippen molar-refractivity contribution in [3.05, 3.63) is 107 Å². The van der Waals surface area contributed by atoms with E-state index >= 15 is 0 Å². The first-order valence-corrected chi connectivity index (χ1v) is 12.1. The summed E-state index contributed by atoms with van der Waals surface area (Å²) in [6.45, 7) is 7.03. The maximum absolute atomic E-state index is 13.2. The van der Waals surface area contributed by atoms with E-state index in [1.54, 1.807) is 29.2 Å². The van der Waals surface area contributed by atoms with E-state index in [-0.39, 0.29) is 11.3 Å². The molecule has 180 valence electrons. The van der Waals surface area contributed by atoms with Crippen LogP contribution in [0.1, 0.15) is 55.0 Å². The highest BCUT2D eigenvalue weighted by molar-refractivity contribution is 6.46. The lowest BCUT2D eigenvalue weighted by Gasteiger charge is -2.26. The topological polar surface area (TPSA) is 66.8 Å². The molecule has 0 unspecified atom stereocenters. The summed E-state index contributed by atoms with van der Waals surface area (Å²) in [5, 5.41) is 11.2. The first-order valence-electron chi connectivity index (χ1n) is 12.1. The smallest absolute Gasteiger partial charge is 0.295 e. The molecule has 4 rings (SSSR count). The van der Waals surface area contributed by atoms with Crippen LogP contribution in [0.4, 0.5) is 0 Å². The summed E-state index contributed by atoms with van der Waals surface area (Å²) < 4.78 is 5.49. The van der Waals surface area contributed by atoms with Crippen molar-refractivity contribution in [1.82, 2.24) is 4.90 Å². The number of rotatable bonds is 8. The Morgan fingerprint density at radius 1 is 0.943 bits per heavy atom. The zero-order valence-corrected chi connectivity index (χ0v) is 20.4. The second-order valence-electron chi connectivity index (χ2n) is 9.01. The van der Waals surface area contributed by atoms with Gasteiger partial charge in [-0.2, -0.15) is 0 Å². The lowest BCUT2D eigenvalue weighted by Crippen LogP contribution is -2.31. The standard InChI is InChI=1S/C30H31NO4/c1-4-35-25-16-14-24(15-17-25)28(32)26-27(23-12-10-22(11-13-23)20(2)3)31(30(34)29(26)33)19-18-21-8-6-5-7-9-21/h5-17,20,27,32H,4,18-19H2,1-3H3/t27-/m1/s1. The molecule has 1 N–H and O–H groups in total. The maximum Gasteiger partial charge on any atom is 0.295 e. The number of likely N-dealkylation sites (tertiary alicyclic amines) is 1. The predicted molar refractivity (Wildman–Crippen MR) is 137 cm³/mol. The van der Waals surface area contributed by atoms with Crippen molar-refractivity contribution in [1.29, 1.82) is 0 Å². The first-order chi connectivity index (χ1) is 16.9. The largest absolute Gasteiger partial charge is 0.507 e. The van der Waals surface area contributed by atoms with Crippen LogP contribution in [0.5, 0.6) is 5.75 Å². The minimum Gasteiger partial charge on any atom is -0.507 e. The van der Waals surface area contributed by atoms with Crippen LogP contribution in [-0.4, -0.2) is 34.8 Å². The van der Waals surface area contributed by atoms with Crippen molar-refractivity contribution in [2.75, 3.05) is 13.2 Å². The normalized spacial score (nSPS) is 17.3. The number of hydrogen-bond acceptors (Lipinski definition) is 4. The Kier molecular flexibility index (Phi) is 7.35. The van der Waals surface area contributed by atoms with Crippen LogP contribution >= 0.6 is 0 Å². The van der Waals surface area contributed by atoms with Crippen LogP contribution in [0.2, 0.25) is 0 Å².